The van der Waals surface area contributed by atoms with E-state index in [0.29, 0.717) is 16.2 Å². The Balaban J connectivity index is 2.13. The Bertz CT molecular complexity index is 891. The summed E-state index contributed by atoms with van der Waals surface area (Å²) >= 11 is 1.22. The van der Waals surface area contributed by atoms with Crippen LogP contribution in [0, 0.1) is 18.6 Å². The molecule has 0 saturated carbocycles. The first kappa shape index (κ1) is 17.4. The number of anilines is 1. The van der Waals surface area contributed by atoms with Crippen LogP contribution in [0.4, 0.5) is 14.5 Å². The number of thioether (sulfide) groups is 1. The highest BCUT2D eigenvalue weighted by Gasteiger charge is 2.41. The molecule has 0 atom stereocenters. The molecule has 0 fully saturated rings. The van der Waals surface area contributed by atoms with Crippen molar-refractivity contribution in [2.75, 3.05) is 10.7 Å². The molecule has 128 valence electrons. The summed E-state index contributed by atoms with van der Waals surface area (Å²) in [6, 6.07) is 9.87. The van der Waals surface area contributed by atoms with Crippen LogP contribution in [0.3, 0.4) is 0 Å². The molecule has 0 saturated heterocycles. The fraction of sp³-hybridized carbons (Fsp3) is 0.158. The fourth-order valence-corrected chi connectivity index (χ4v) is 3.49. The standard InChI is InChI=1S/C19H15F2NO2S/c1-3-25-17-16(12-6-4-11(2)5-7-12)18(23)22(19(17)24)15-10-13(20)8-9-14(15)21/h4-10H,3H2,1-2H3. The number of imide groups is 1. The summed E-state index contributed by atoms with van der Waals surface area (Å²) in [6.45, 7) is 3.77. The smallest absolute Gasteiger partial charge is 0.268 e. The summed E-state index contributed by atoms with van der Waals surface area (Å²) in [7, 11) is 0. The van der Waals surface area contributed by atoms with E-state index in [1.807, 2.05) is 26.0 Å². The van der Waals surface area contributed by atoms with Gasteiger partial charge in [0.15, 0.2) is 0 Å². The van der Waals surface area contributed by atoms with Crippen molar-refractivity contribution in [3.8, 4) is 0 Å². The lowest BCUT2D eigenvalue weighted by molar-refractivity contribution is -0.119. The molecule has 0 unspecified atom stereocenters. The number of carbonyl (C=O) groups excluding carboxylic acids is 2. The van der Waals surface area contributed by atoms with Crippen LogP contribution in [0.5, 0.6) is 0 Å². The number of benzene rings is 2. The van der Waals surface area contributed by atoms with Crippen LogP contribution in [0.2, 0.25) is 0 Å². The highest BCUT2D eigenvalue weighted by molar-refractivity contribution is 8.04. The van der Waals surface area contributed by atoms with E-state index in [1.165, 1.54) is 11.8 Å². The molecule has 3 nitrogen and oxygen atoms in total. The first-order valence-electron chi connectivity index (χ1n) is 7.72. The maximum absolute atomic E-state index is 14.1. The average Bonchev–Trinajstić information content (AvgIpc) is 2.82. The number of rotatable bonds is 4. The SMILES string of the molecule is CCSC1=C(c2ccc(C)cc2)C(=O)N(c2cc(F)ccc2F)C1=O. The second kappa shape index (κ2) is 6.80. The average molecular weight is 359 g/mol. The van der Waals surface area contributed by atoms with E-state index in [4.69, 9.17) is 0 Å². The largest absolute Gasteiger partial charge is 0.272 e. The molecule has 25 heavy (non-hydrogen) atoms. The van der Waals surface area contributed by atoms with E-state index in [1.54, 1.807) is 12.1 Å². The van der Waals surface area contributed by atoms with Crippen molar-refractivity contribution in [1.82, 2.24) is 0 Å². The van der Waals surface area contributed by atoms with Gasteiger partial charge in [-0.1, -0.05) is 36.8 Å². The molecule has 0 radical (unpaired) electrons. The van der Waals surface area contributed by atoms with Gasteiger partial charge in [-0.3, -0.25) is 9.59 Å². The van der Waals surface area contributed by atoms with E-state index in [2.05, 4.69) is 0 Å². The molecule has 0 aromatic heterocycles. The van der Waals surface area contributed by atoms with Crippen LogP contribution >= 0.6 is 11.8 Å². The molecule has 1 aliphatic heterocycles. The fourth-order valence-electron chi connectivity index (χ4n) is 2.64. The summed E-state index contributed by atoms with van der Waals surface area (Å²) in [4.78, 5) is 26.6. The number of hydrogen-bond acceptors (Lipinski definition) is 3. The Hall–Kier alpha value is -2.47. The van der Waals surface area contributed by atoms with Crippen molar-refractivity contribution >= 4 is 34.8 Å². The van der Waals surface area contributed by atoms with Gasteiger partial charge in [0.1, 0.15) is 11.6 Å². The normalized spacial score (nSPS) is 14.6. The molecule has 1 aliphatic rings. The molecular weight excluding hydrogens is 344 g/mol. The van der Waals surface area contributed by atoms with Gasteiger partial charge in [0.25, 0.3) is 11.8 Å². The summed E-state index contributed by atoms with van der Waals surface area (Å²) < 4.78 is 27.7. The summed E-state index contributed by atoms with van der Waals surface area (Å²) in [5.74, 6) is -2.24. The highest BCUT2D eigenvalue weighted by atomic mass is 32.2. The zero-order valence-electron chi connectivity index (χ0n) is 13.7. The number of carbonyl (C=O) groups is 2. The Morgan fingerprint density at radius 1 is 1.00 bits per heavy atom. The molecular formula is C19H15F2NO2S. The van der Waals surface area contributed by atoms with Crippen LogP contribution < -0.4 is 4.90 Å². The number of halogens is 2. The number of nitrogens with zero attached hydrogens (tertiary/aromatic N) is 1. The van der Waals surface area contributed by atoms with E-state index in [9.17, 15) is 18.4 Å². The first-order valence-corrected chi connectivity index (χ1v) is 8.70. The molecule has 0 aliphatic carbocycles. The lowest BCUT2D eigenvalue weighted by atomic mass is 10.0. The lowest BCUT2D eigenvalue weighted by Crippen LogP contribution is -2.32. The minimum atomic E-state index is -0.825. The first-order chi connectivity index (χ1) is 11.9. The monoisotopic (exact) mass is 359 g/mol. The van der Waals surface area contributed by atoms with E-state index < -0.39 is 23.4 Å². The Morgan fingerprint density at radius 2 is 1.68 bits per heavy atom. The zero-order chi connectivity index (χ0) is 18.1. The quantitative estimate of drug-likeness (QED) is 0.764. The van der Waals surface area contributed by atoms with Crippen LogP contribution in [0.25, 0.3) is 5.57 Å². The van der Waals surface area contributed by atoms with Crippen molar-refractivity contribution in [3.63, 3.8) is 0 Å². The molecule has 0 N–H and O–H groups in total. The molecule has 2 aromatic rings. The molecule has 2 amide bonds. The Kier molecular flexibility index (Phi) is 4.72. The van der Waals surface area contributed by atoms with Crippen molar-refractivity contribution < 1.29 is 18.4 Å². The van der Waals surface area contributed by atoms with Gasteiger partial charge >= 0.3 is 0 Å². The van der Waals surface area contributed by atoms with Crippen LogP contribution in [0.1, 0.15) is 18.1 Å². The van der Waals surface area contributed by atoms with Crippen molar-refractivity contribution in [2.45, 2.75) is 13.8 Å². The van der Waals surface area contributed by atoms with Crippen molar-refractivity contribution in [1.29, 1.82) is 0 Å². The van der Waals surface area contributed by atoms with Gasteiger partial charge in [0, 0.05) is 6.07 Å². The summed E-state index contributed by atoms with van der Waals surface area (Å²) in [5.41, 5.74) is 1.45. The number of aryl methyl sites for hydroxylation is 1. The third-order valence-corrected chi connectivity index (χ3v) is 4.78. The van der Waals surface area contributed by atoms with Gasteiger partial charge in [-0.25, -0.2) is 13.7 Å². The highest BCUT2D eigenvalue weighted by Crippen LogP contribution is 2.39. The minimum absolute atomic E-state index is 0.223. The summed E-state index contributed by atoms with van der Waals surface area (Å²) in [5, 5.41) is 0. The van der Waals surface area contributed by atoms with Gasteiger partial charge in [0.2, 0.25) is 0 Å². The topological polar surface area (TPSA) is 37.4 Å². The second-order valence-corrected chi connectivity index (χ2v) is 6.82. The predicted molar refractivity (Wildman–Crippen MR) is 95.1 cm³/mol. The number of hydrogen-bond donors (Lipinski definition) is 0. The van der Waals surface area contributed by atoms with Gasteiger partial charge in [-0.2, -0.15) is 0 Å². The minimum Gasteiger partial charge on any atom is -0.268 e. The molecule has 3 rings (SSSR count). The molecule has 6 heteroatoms. The third-order valence-electron chi connectivity index (χ3n) is 3.82. The number of amides is 2. The molecule has 1 heterocycles. The van der Waals surface area contributed by atoms with Gasteiger partial charge in [-0.05, 0) is 30.4 Å². The lowest BCUT2D eigenvalue weighted by Gasteiger charge is -2.16. The maximum atomic E-state index is 14.1. The van der Waals surface area contributed by atoms with Gasteiger partial charge < -0.3 is 0 Å². The van der Waals surface area contributed by atoms with E-state index in [-0.39, 0.29) is 16.2 Å². The van der Waals surface area contributed by atoms with E-state index >= 15 is 0 Å². The van der Waals surface area contributed by atoms with E-state index in [0.717, 1.165) is 23.8 Å². The Morgan fingerprint density at radius 3 is 2.32 bits per heavy atom. The third kappa shape index (κ3) is 3.09. The van der Waals surface area contributed by atoms with Crippen LogP contribution in [0.15, 0.2) is 47.4 Å². The van der Waals surface area contributed by atoms with Crippen LogP contribution in [-0.2, 0) is 9.59 Å². The second-order valence-electron chi connectivity index (χ2n) is 5.54. The van der Waals surface area contributed by atoms with Gasteiger partial charge in [0.05, 0.1) is 16.2 Å². The summed E-state index contributed by atoms with van der Waals surface area (Å²) in [6.07, 6.45) is 0. The molecule has 2 aromatic carbocycles. The van der Waals surface area contributed by atoms with Crippen molar-refractivity contribution in [3.05, 3.63) is 70.1 Å². The predicted octanol–water partition coefficient (Wildman–Crippen LogP) is 4.31. The van der Waals surface area contributed by atoms with Crippen LogP contribution in [-0.4, -0.2) is 17.6 Å². The molecule has 0 spiro atoms. The maximum Gasteiger partial charge on any atom is 0.272 e. The van der Waals surface area contributed by atoms with Crippen molar-refractivity contribution in [2.24, 2.45) is 0 Å². The Labute approximate surface area is 148 Å². The molecule has 0 bridgehead atoms. The van der Waals surface area contributed by atoms with Gasteiger partial charge in [-0.15, -0.1) is 11.8 Å². The zero-order valence-corrected chi connectivity index (χ0v) is 14.5.